The van der Waals surface area contributed by atoms with Gasteiger partial charge < -0.3 is 14.7 Å². The fraction of sp³-hybridized carbons (Fsp3) is 0.333. The van der Waals surface area contributed by atoms with Gasteiger partial charge in [-0.3, -0.25) is 0 Å². The maximum absolute atomic E-state index is 13.6. The number of aromatic nitrogens is 9. The summed E-state index contributed by atoms with van der Waals surface area (Å²) in [4.78, 5) is 22.9. The number of hydrogen-bond donors (Lipinski definition) is 0. The second-order valence-corrected chi connectivity index (χ2v) is 32.3. The predicted molar refractivity (Wildman–Crippen MR) is 437 cm³/mol. The second-order valence-electron chi connectivity index (χ2n) is 26.0. The molecule has 10 aromatic rings. The van der Waals surface area contributed by atoms with Crippen molar-refractivity contribution >= 4 is 80.7 Å². The van der Waals surface area contributed by atoms with Crippen LogP contribution in [0.3, 0.4) is 0 Å². The summed E-state index contributed by atoms with van der Waals surface area (Å²) < 4.78 is 86.5. The average Bonchev–Trinajstić information content (AvgIpc) is 1.24. The Bertz CT molecular complexity index is 5090. The molecule has 0 aliphatic rings. The van der Waals surface area contributed by atoms with E-state index in [0.717, 1.165) is 33.8 Å². The number of anilines is 3. The molecule has 0 N–H and O–H groups in total. The van der Waals surface area contributed by atoms with Gasteiger partial charge in [0.05, 0.1) is 103 Å². The van der Waals surface area contributed by atoms with Gasteiger partial charge in [0.25, 0.3) is 0 Å². The SMILES string of the molecule is [N-]=[N+]=NCCN(CCN=[N+]=[N-])c1ccc(N=Nc2ccc(S(=O)(=O)CCCc3cn(Cc4cc(Cn5cc(CCCS(=O)(=O)c6ccc(N=Nc7ccc(N(CCN=[N+]=[N-])CCN=[N+]=[N-])cc7)cc6)nn5)cc(Cn5cc(CCCS(=O)(=O)c6ccc(N=Nc7ccc(N(CCN=[N+]=[N-])CCN=[N+]=[N-])cc7)cc6)nn5)c4)nn3)cc2)cc1. The van der Waals surface area contributed by atoms with Gasteiger partial charge in [-0.2, -0.15) is 30.7 Å². The molecule has 600 valence electrons. The van der Waals surface area contributed by atoms with Gasteiger partial charge in [0, 0.05) is 144 Å². The van der Waals surface area contributed by atoms with Crippen LogP contribution in [0, 0.1) is 0 Å². The molecule has 0 amide bonds. The Morgan fingerprint density at radius 3 is 0.709 bits per heavy atom. The molecule has 0 aliphatic carbocycles. The third kappa shape index (κ3) is 27.3. The number of hydrogen-bond acceptors (Lipinski definition) is 27. The molecule has 0 bridgehead atoms. The molecule has 0 spiro atoms. The molecule has 0 radical (unpaired) electrons. The van der Waals surface area contributed by atoms with Crippen LogP contribution in [0.4, 0.5) is 51.2 Å². The standard InChI is InChI=1S/C72H78N36O6S3/c73-94-79-31-37-103(38-32-80-95-74)67-19-7-58(8-20-67)85-88-61-13-25-70(26-14-61)115(109,110)43-1-4-64-52-106(100-91-64)49-55-46-56(50-107-53-65(92-101-107)5-2-44-116(111,112)71-27-15-62(16-28-71)89-86-59-9-21-68(22-10-59)104(39-33-81-96-75)40-34-82-97-76)48-57(47-55)51-108-54-66(93-102-108)6-3-45-117(113,114)72-29-17-63(18-30-72)90-87-60-11-23-69(24-12-60)105(41-35-83-98-77)42-36-84-99-78/h7-30,46-48,52-54H,1-6,31-45,49-51H2. The third-order valence-electron chi connectivity index (χ3n) is 17.7. The lowest BCUT2D eigenvalue weighted by molar-refractivity contribution is 0.591. The molecule has 0 saturated heterocycles. The summed E-state index contributed by atoms with van der Waals surface area (Å²) in [5.74, 6) is -0.482. The van der Waals surface area contributed by atoms with E-state index in [4.69, 9.17) is 33.2 Å². The first-order valence-electron chi connectivity index (χ1n) is 36.5. The van der Waals surface area contributed by atoms with Crippen molar-refractivity contribution in [2.75, 3.05) is 110 Å². The highest BCUT2D eigenvalue weighted by Crippen LogP contribution is 2.29. The Kier molecular flexibility index (Phi) is 31.9. The summed E-state index contributed by atoms with van der Waals surface area (Å²) in [6.07, 6.45) is 7.03. The molecule has 10 rings (SSSR count). The van der Waals surface area contributed by atoms with Gasteiger partial charge in [-0.05, 0) is 234 Å². The van der Waals surface area contributed by atoms with Gasteiger partial charge in [-0.25, -0.2) is 39.3 Å². The van der Waals surface area contributed by atoms with E-state index in [1.165, 1.54) is 36.4 Å². The lowest BCUT2D eigenvalue weighted by Gasteiger charge is -2.23. The monoisotopic (exact) mass is 1640 g/mol. The van der Waals surface area contributed by atoms with E-state index in [1.54, 1.807) is 105 Å². The van der Waals surface area contributed by atoms with Gasteiger partial charge in [0.15, 0.2) is 29.5 Å². The van der Waals surface area contributed by atoms with Gasteiger partial charge >= 0.3 is 0 Å². The Morgan fingerprint density at radius 2 is 0.504 bits per heavy atom. The normalized spacial score (nSPS) is 11.5. The van der Waals surface area contributed by atoms with Crippen molar-refractivity contribution in [2.24, 2.45) is 61.4 Å². The minimum atomic E-state index is -3.71. The summed E-state index contributed by atoms with van der Waals surface area (Å²) in [6, 6.07) is 45.8. The molecule has 45 heteroatoms. The van der Waals surface area contributed by atoms with Crippen molar-refractivity contribution in [1.82, 2.24) is 45.0 Å². The van der Waals surface area contributed by atoms with Crippen LogP contribution in [-0.4, -0.2) is 166 Å². The van der Waals surface area contributed by atoms with Crippen LogP contribution in [0.1, 0.15) is 53.0 Å². The van der Waals surface area contributed by atoms with Crippen molar-refractivity contribution in [3.8, 4) is 0 Å². The number of rotatable bonds is 48. The molecular weight excluding hydrogens is 1560 g/mol. The van der Waals surface area contributed by atoms with E-state index in [1.807, 2.05) is 69.3 Å². The van der Waals surface area contributed by atoms with Gasteiger partial charge in [-0.15, -0.1) is 15.3 Å². The van der Waals surface area contributed by atoms with Gasteiger partial charge in [0.1, 0.15) is 0 Å². The zero-order valence-corrected chi connectivity index (χ0v) is 65.5. The summed E-state index contributed by atoms with van der Waals surface area (Å²) in [5, 5.41) is 73.7. The van der Waals surface area contributed by atoms with Crippen LogP contribution in [-0.2, 0) is 68.4 Å². The highest BCUT2D eigenvalue weighted by Gasteiger charge is 2.20. The van der Waals surface area contributed by atoms with E-state index >= 15 is 0 Å². The minimum Gasteiger partial charge on any atom is -0.371 e. The van der Waals surface area contributed by atoms with Crippen LogP contribution in [0.15, 0.2) is 258 Å². The second kappa shape index (κ2) is 43.8. The molecule has 0 atom stereocenters. The molecule has 0 fully saturated rings. The van der Waals surface area contributed by atoms with Crippen LogP contribution in [0.25, 0.3) is 62.7 Å². The fourth-order valence-electron chi connectivity index (χ4n) is 12.0. The largest absolute Gasteiger partial charge is 0.371 e. The highest BCUT2D eigenvalue weighted by molar-refractivity contribution is 7.92. The van der Waals surface area contributed by atoms with E-state index in [-0.39, 0.29) is 110 Å². The van der Waals surface area contributed by atoms with Crippen molar-refractivity contribution in [1.29, 1.82) is 0 Å². The van der Waals surface area contributed by atoms with Crippen LogP contribution in [0.5, 0.6) is 0 Å². The van der Waals surface area contributed by atoms with Crippen LogP contribution in [0.2, 0.25) is 0 Å². The number of benzene rings is 7. The summed E-state index contributed by atoms with van der Waals surface area (Å²) in [7, 11) is -11.1. The van der Waals surface area contributed by atoms with E-state index in [2.05, 4.69) is 122 Å². The number of azide groups is 6. The molecular formula is C72H78N36O6S3. The highest BCUT2D eigenvalue weighted by atomic mass is 32.2. The topological polar surface area (TPSA) is 571 Å². The van der Waals surface area contributed by atoms with Crippen LogP contribution < -0.4 is 14.7 Å². The Morgan fingerprint density at radius 1 is 0.299 bits per heavy atom. The molecule has 0 unspecified atom stereocenters. The molecule has 3 heterocycles. The van der Waals surface area contributed by atoms with Gasteiger partial charge in [-0.1, -0.05) is 64.5 Å². The smallest absolute Gasteiger partial charge is 0.178 e. The molecule has 3 aromatic heterocycles. The quantitative estimate of drug-likeness (QED) is 0.0194. The minimum absolute atomic E-state index is 0.125. The number of azo groups is 3. The number of sulfone groups is 3. The fourth-order valence-corrected chi connectivity index (χ4v) is 15.9. The Balaban J connectivity index is 0.752. The summed E-state index contributed by atoms with van der Waals surface area (Å²) in [6.45, 7) is 4.63. The van der Waals surface area contributed by atoms with E-state index in [9.17, 15) is 25.3 Å². The zero-order valence-electron chi connectivity index (χ0n) is 63.1. The Hall–Kier alpha value is -14.1. The van der Waals surface area contributed by atoms with E-state index < -0.39 is 29.5 Å². The third-order valence-corrected chi connectivity index (χ3v) is 23.2. The average molecular weight is 1640 g/mol. The molecule has 7 aromatic carbocycles. The predicted octanol–water partition coefficient (Wildman–Crippen LogP) is 16.4. The maximum atomic E-state index is 13.6. The van der Waals surface area contributed by atoms with Gasteiger partial charge in [0.2, 0.25) is 0 Å². The zero-order chi connectivity index (χ0) is 82.5. The van der Waals surface area contributed by atoms with Crippen molar-refractivity contribution in [3.05, 3.63) is 279 Å². The lowest BCUT2D eigenvalue weighted by Crippen LogP contribution is -2.28. The maximum Gasteiger partial charge on any atom is 0.178 e. The van der Waals surface area contributed by atoms with Crippen LogP contribution >= 0.6 is 0 Å². The van der Waals surface area contributed by atoms with Crippen molar-refractivity contribution < 1.29 is 25.3 Å². The first kappa shape index (κ1) is 85.3. The number of nitrogens with zero attached hydrogens (tertiary/aromatic N) is 36. The molecule has 0 aliphatic heterocycles. The summed E-state index contributed by atoms with van der Waals surface area (Å²) in [5.41, 5.74) is 61.9. The van der Waals surface area contributed by atoms with Crippen molar-refractivity contribution in [2.45, 2.75) is 72.8 Å². The molecule has 0 saturated carbocycles. The molecule has 42 nitrogen and oxygen atoms in total. The first-order valence-corrected chi connectivity index (χ1v) is 41.5. The number of aryl methyl sites for hydroxylation is 3. The van der Waals surface area contributed by atoms with Crippen molar-refractivity contribution in [3.63, 3.8) is 0 Å². The first-order chi connectivity index (χ1) is 56.9. The Labute approximate surface area is 670 Å². The lowest BCUT2D eigenvalue weighted by atomic mass is 10.1. The summed E-state index contributed by atoms with van der Waals surface area (Å²) >= 11 is 0. The molecule has 117 heavy (non-hydrogen) atoms. The van der Waals surface area contributed by atoms with E-state index in [0.29, 0.717) is 110 Å².